The number of carbonyl (C=O) groups is 2. The van der Waals surface area contributed by atoms with Crippen LogP contribution in [0.4, 0.5) is 0 Å². The van der Waals surface area contributed by atoms with Crippen LogP contribution < -0.4 is 5.32 Å². The van der Waals surface area contributed by atoms with E-state index in [-0.39, 0.29) is 18.5 Å². The predicted molar refractivity (Wildman–Crippen MR) is 310 cm³/mol. The summed E-state index contributed by atoms with van der Waals surface area (Å²) in [4.78, 5) is 24.6. The molecule has 3 N–H and O–H groups in total. The standard InChI is InChI=1S/C65H125NO5/c1-3-5-7-9-11-13-15-17-19-21-22-23-24-25-26-27-29-30-33-37-41-45-49-53-57-63(68)62(61-67)66-64(69)58-54-50-46-42-38-34-32-36-40-44-48-52-56-60-71-65(70)59-55-51-47-43-39-35-31-28-20-18-16-14-12-10-8-6-4-2/h18,20,53,57,62-63,67-68H,3-17,19,21-52,54-56,58-61H2,1-2H3,(H,66,69)/b20-18-,57-53+. The van der Waals surface area contributed by atoms with E-state index in [9.17, 15) is 19.8 Å². The molecule has 2 atom stereocenters. The van der Waals surface area contributed by atoms with Crippen molar-refractivity contribution >= 4 is 11.9 Å². The highest BCUT2D eigenvalue weighted by Crippen LogP contribution is 2.18. The third kappa shape index (κ3) is 57.5. The quantitative estimate of drug-likeness (QED) is 0.0320. The molecule has 0 aromatic carbocycles. The molecule has 0 bridgehead atoms. The van der Waals surface area contributed by atoms with E-state index in [0.29, 0.717) is 19.4 Å². The van der Waals surface area contributed by atoms with Crippen molar-refractivity contribution in [1.82, 2.24) is 5.32 Å². The second-order valence-corrected chi connectivity index (χ2v) is 22.1. The molecule has 0 aliphatic carbocycles. The van der Waals surface area contributed by atoms with Gasteiger partial charge in [0.05, 0.1) is 25.4 Å². The third-order valence-electron chi connectivity index (χ3n) is 15.0. The summed E-state index contributed by atoms with van der Waals surface area (Å²) in [5, 5.41) is 23.2. The average molecular weight is 1000 g/mol. The molecule has 0 rings (SSSR count). The van der Waals surface area contributed by atoms with Crippen LogP contribution in [-0.4, -0.2) is 47.4 Å². The van der Waals surface area contributed by atoms with E-state index in [1.165, 1.54) is 270 Å². The number of amides is 1. The molecule has 0 aliphatic heterocycles. The van der Waals surface area contributed by atoms with Crippen molar-refractivity contribution in [2.75, 3.05) is 13.2 Å². The second kappa shape index (κ2) is 60.9. The number of aliphatic hydroxyl groups excluding tert-OH is 2. The summed E-state index contributed by atoms with van der Waals surface area (Å²) in [6.45, 7) is 4.90. The summed E-state index contributed by atoms with van der Waals surface area (Å²) in [6.07, 6.45) is 75.0. The van der Waals surface area contributed by atoms with Gasteiger partial charge in [-0.3, -0.25) is 9.59 Å². The van der Waals surface area contributed by atoms with Gasteiger partial charge in [0.2, 0.25) is 5.91 Å². The third-order valence-corrected chi connectivity index (χ3v) is 15.0. The highest BCUT2D eigenvalue weighted by molar-refractivity contribution is 5.76. The van der Waals surface area contributed by atoms with Crippen LogP contribution in [0.2, 0.25) is 0 Å². The summed E-state index contributed by atoms with van der Waals surface area (Å²) in [6, 6.07) is -0.639. The van der Waals surface area contributed by atoms with E-state index in [1.54, 1.807) is 6.08 Å². The molecule has 0 saturated carbocycles. The predicted octanol–water partition coefficient (Wildman–Crippen LogP) is 20.2. The second-order valence-electron chi connectivity index (χ2n) is 22.1. The van der Waals surface area contributed by atoms with Crippen LogP contribution >= 0.6 is 0 Å². The number of hydrogen-bond donors (Lipinski definition) is 3. The van der Waals surface area contributed by atoms with Gasteiger partial charge in [0.1, 0.15) is 0 Å². The molecule has 0 radical (unpaired) electrons. The average Bonchev–Trinajstić information content (AvgIpc) is 3.37. The first-order chi connectivity index (χ1) is 35.0. The van der Waals surface area contributed by atoms with Crippen LogP contribution in [-0.2, 0) is 14.3 Å². The monoisotopic (exact) mass is 1000 g/mol. The summed E-state index contributed by atoms with van der Waals surface area (Å²) in [5.74, 6) is -0.0863. The largest absolute Gasteiger partial charge is 0.466 e. The Morgan fingerprint density at radius 2 is 0.662 bits per heavy atom. The van der Waals surface area contributed by atoms with Crippen LogP contribution in [0.3, 0.4) is 0 Å². The first-order valence-corrected chi connectivity index (χ1v) is 32.1. The minimum atomic E-state index is -0.854. The van der Waals surface area contributed by atoms with Gasteiger partial charge in [-0.2, -0.15) is 0 Å². The number of unbranched alkanes of at least 4 members (excludes halogenated alkanes) is 47. The van der Waals surface area contributed by atoms with Crippen molar-refractivity contribution < 1.29 is 24.5 Å². The van der Waals surface area contributed by atoms with Gasteiger partial charge in [0, 0.05) is 12.8 Å². The number of allylic oxidation sites excluding steroid dienone is 3. The van der Waals surface area contributed by atoms with Crippen molar-refractivity contribution in [3.63, 3.8) is 0 Å². The Morgan fingerprint density at radius 3 is 1.00 bits per heavy atom. The van der Waals surface area contributed by atoms with Crippen molar-refractivity contribution in [2.24, 2.45) is 0 Å². The lowest BCUT2D eigenvalue weighted by Crippen LogP contribution is -2.45. The molecule has 0 aromatic rings. The lowest BCUT2D eigenvalue weighted by atomic mass is 10.0. The zero-order chi connectivity index (χ0) is 51.4. The molecule has 2 unspecified atom stereocenters. The number of nitrogens with one attached hydrogen (secondary N) is 1. The zero-order valence-corrected chi connectivity index (χ0v) is 48.0. The molecule has 0 saturated heterocycles. The van der Waals surface area contributed by atoms with Crippen molar-refractivity contribution in [2.45, 2.75) is 366 Å². The Bertz CT molecular complexity index is 1110. The molecule has 0 aliphatic rings. The molecule has 0 heterocycles. The van der Waals surface area contributed by atoms with Crippen molar-refractivity contribution in [3.8, 4) is 0 Å². The summed E-state index contributed by atoms with van der Waals surface area (Å²) in [5.41, 5.74) is 0. The van der Waals surface area contributed by atoms with Gasteiger partial charge >= 0.3 is 5.97 Å². The Kier molecular flexibility index (Phi) is 59.5. The smallest absolute Gasteiger partial charge is 0.305 e. The minimum absolute atomic E-state index is 0.00918. The minimum Gasteiger partial charge on any atom is -0.466 e. The fourth-order valence-corrected chi connectivity index (χ4v) is 10.0. The molecule has 6 heteroatoms. The maximum Gasteiger partial charge on any atom is 0.305 e. The van der Waals surface area contributed by atoms with Crippen LogP contribution in [0.25, 0.3) is 0 Å². The Hall–Kier alpha value is -1.66. The number of ether oxygens (including phenoxy) is 1. The van der Waals surface area contributed by atoms with Crippen LogP contribution in [0.15, 0.2) is 24.3 Å². The molecule has 1 amide bonds. The molecule has 6 nitrogen and oxygen atoms in total. The summed E-state index contributed by atoms with van der Waals surface area (Å²) in [7, 11) is 0. The topological polar surface area (TPSA) is 95.9 Å². The summed E-state index contributed by atoms with van der Waals surface area (Å²) < 4.78 is 5.48. The van der Waals surface area contributed by atoms with Gasteiger partial charge < -0.3 is 20.3 Å². The molecule has 0 spiro atoms. The molecule has 0 fully saturated rings. The molecular formula is C65H125NO5. The first-order valence-electron chi connectivity index (χ1n) is 32.1. The van der Waals surface area contributed by atoms with Crippen molar-refractivity contribution in [1.29, 1.82) is 0 Å². The van der Waals surface area contributed by atoms with E-state index in [1.807, 2.05) is 6.08 Å². The molecule has 71 heavy (non-hydrogen) atoms. The highest BCUT2D eigenvalue weighted by atomic mass is 16.5. The number of rotatable bonds is 60. The van der Waals surface area contributed by atoms with Gasteiger partial charge in [-0.25, -0.2) is 0 Å². The van der Waals surface area contributed by atoms with E-state index < -0.39 is 12.1 Å². The fraction of sp³-hybridized carbons (Fsp3) is 0.908. The van der Waals surface area contributed by atoms with E-state index >= 15 is 0 Å². The molecular weight excluding hydrogens is 875 g/mol. The lowest BCUT2D eigenvalue weighted by molar-refractivity contribution is -0.143. The lowest BCUT2D eigenvalue weighted by Gasteiger charge is -2.20. The maximum atomic E-state index is 12.5. The van der Waals surface area contributed by atoms with E-state index in [4.69, 9.17) is 4.74 Å². The zero-order valence-electron chi connectivity index (χ0n) is 48.0. The maximum absolute atomic E-state index is 12.5. The van der Waals surface area contributed by atoms with Gasteiger partial charge in [-0.05, 0) is 57.8 Å². The molecule has 0 aromatic heterocycles. The van der Waals surface area contributed by atoms with Gasteiger partial charge in [0.25, 0.3) is 0 Å². The van der Waals surface area contributed by atoms with Crippen LogP contribution in [0.1, 0.15) is 354 Å². The Balaban J connectivity index is 3.46. The number of carbonyl (C=O) groups excluding carboxylic acids is 2. The fourth-order valence-electron chi connectivity index (χ4n) is 10.0. The van der Waals surface area contributed by atoms with E-state index in [2.05, 4.69) is 31.3 Å². The Labute approximate surface area is 443 Å². The van der Waals surface area contributed by atoms with Crippen molar-refractivity contribution in [3.05, 3.63) is 24.3 Å². The van der Waals surface area contributed by atoms with Crippen LogP contribution in [0.5, 0.6) is 0 Å². The number of esters is 1. The van der Waals surface area contributed by atoms with Gasteiger partial charge in [-0.15, -0.1) is 0 Å². The SMILES string of the molecule is CCCCCCCC/C=C\CCCCCCCCCC(=O)OCCCCCCCCCCCCCCCC(=O)NC(CO)C(O)/C=C/CCCCCCCCCCCCCCCCCCCCCCCC. The summed E-state index contributed by atoms with van der Waals surface area (Å²) >= 11 is 0. The first kappa shape index (κ1) is 69.3. The number of aliphatic hydroxyl groups is 2. The van der Waals surface area contributed by atoms with Gasteiger partial charge in [0.15, 0.2) is 0 Å². The van der Waals surface area contributed by atoms with Gasteiger partial charge in [-0.1, -0.05) is 308 Å². The normalized spacial score (nSPS) is 12.7. The highest BCUT2D eigenvalue weighted by Gasteiger charge is 2.18. The van der Waals surface area contributed by atoms with Crippen LogP contribution in [0, 0.1) is 0 Å². The number of hydrogen-bond acceptors (Lipinski definition) is 5. The molecule has 420 valence electrons. The van der Waals surface area contributed by atoms with E-state index in [0.717, 1.165) is 57.8 Å². The Morgan fingerprint density at radius 1 is 0.380 bits per heavy atom.